The molecule has 2 aliphatic rings. The van der Waals surface area contributed by atoms with Gasteiger partial charge in [-0.05, 0) is 53.8 Å². The predicted molar refractivity (Wildman–Crippen MR) is 132 cm³/mol. The van der Waals surface area contributed by atoms with E-state index in [0.717, 1.165) is 60.6 Å². The van der Waals surface area contributed by atoms with Crippen molar-refractivity contribution in [3.05, 3.63) is 63.7 Å². The highest BCUT2D eigenvalue weighted by molar-refractivity contribution is 6.30. The summed E-state index contributed by atoms with van der Waals surface area (Å²) in [4.78, 5) is 15.1. The number of nitrogens with one attached hydrogen (secondary N) is 3. The lowest BCUT2D eigenvalue weighted by atomic mass is 10.0. The Labute approximate surface area is 195 Å². The summed E-state index contributed by atoms with van der Waals surface area (Å²) in [6.07, 6.45) is 4.02. The summed E-state index contributed by atoms with van der Waals surface area (Å²) < 4.78 is 0. The van der Waals surface area contributed by atoms with E-state index < -0.39 is 0 Å². The number of fused-ring (bicyclic) bond motifs is 2. The van der Waals surface area contributed by atoms with E-state index in [1.807, 2.05) is 29.2 Å². The van der Waals surface area contributed by atoms with Crippen molar-refractivity contribution >= 4 is 35.0 Å². The third kappa shape index (κ3) is 4.93. The van der Waals surface area contributed by atoms with Crippen LogP contribution in [-0.2, 0) is 11.3 Å². The van der Waals surface area contributed by atoms with Gasteiger partial charge >= 0.3 is 0 Å². The number of hydrogen-bond acceptors (Lipinski definition) is 5. The van der Waals surface area contributed by atoms with Gasteiger partial charge in [-0.15, -0.1) is 0 Å². The van der Waals surface area contributed by atoms with E-state index in [1.54, 1.807) is 0 Å². The highest BCUT2D eigenvalue weighted by Crippen LogP contribution is 2.32. The number of benzene rings is 2. The second kappa shape index (κ2) is 9.94. The monoisotopic (exact) mass is 453 g/mol. The molecule has 2 aromatic carbocycles. The van der Waals surface area contributed by atoms with Crippen LogP contribution in [0.25, 0.3) is 6.08 Å². The highest BCUT2D eigenvalue weighted by atomic mass is 35.5. The number of rotatable bonds is 6. The summed E-state index contributed by atoms with van der Waals surface area (Å²) in [6, 6.07) is 12.2. The topological polar surface area (TPSA) is 82.4 Å². The van der Waals surface area contributed by atoms with E-state index in [0.29, 0.717) is 11.4 Å². The lowest BCUT2D eigenvalue weighted by Crippen LogP contribution is -2.36. The molecule has 170 valence electrons. The van der Waals surface area contributed by atoms with Gasteiger partial charge in [0.05, 0.1) is 6.17 Å². The number of halogens is 1. The van der Waals surface area contributed by atoms with Crippen molar-refractivity contribution in [3.63, 3.8) is 0 Å². The average Bonchev–Trinajstić information content (AvgIpc) is 2.95. The first-order chi connectivity index (χ1) is 15.5. The van der Waals surface area contributed by atoms with Gasteiger partial charge < -0.3 is 21.3 Å². The molecule has 0 fully saturated rings. The van der Waals surface area contributed by atoms with Gasteiger partial charge in [0.1, 0.15) is 6.17 Å². The molecule has 2 atom stereocenters. The molecule has 0 saturated heterocycles. The van der Waals surface area contributed by atoms with Gasteiger partial charge in [-0.25, -0.2) is 0 Å². The molecule has 0 saturated carbocycles. The van der Waals surface area contributed by atoms with Crippen LogP contribution in [0.15, 0.2) is 42.0 Å². The average molecular weight is 454 g/mol. The first-order valence-corrected chi connectivity index (χ1v) is 11.8. The number of nitrogens with two attached hydrogens (primary N) is 1. The fourth-order valence-corrected chi connectivity index (χ4v) is 4.57. The van der Waals surface area contributed by atoms with E-state index >= 15 is 0 Å². The maximum atomic E-state index is 13.2. The Balaban J connectivity index is 1.59. The van der Waals surface area contributed by atoms with E-state index in [1.165, 1.54) is 5.56 Å². The molecule has 0 radical (unpaired) electrons. The molecule has 1 amide bonds. The molecular weight excluding hydrogens is 422 g/mol. The van der Waals surface area contributed by atoms with E-state index in [4.69, 9.17) is 17.3 Å². The molecule has 32 heavy (non-hydrogen) atoms. The molecule has 0 aliphatic carbocycles. The standard InChI is InChI=1S/C25H32ClN5O/c1-3-9-31(10-4-2)25(32)19-11-16-5-6-17(12-21(16)29-23(27)13-19)24-28-15-18-7-8-20(26)14-22(18)30-24/h5-8,11-12,14,23-24,28-30H,3-4,9-10,13,15,27H2,1-2H3. The molecule has 0 bridgehead atoms. The zero-order valence-corrected chi connectivity index (χ0v) is 19.5. The summed E-state index contributed by atoms with van der Waals surface area (Å²) in [5.41, 5.74) is 12.4. The number of nitrogens with zero attached hydrogens (tertiary/aromatic N) is 1. The minimum Gasteiger partial charge on any atom is -0.369 e. The van der Waals surface area contributed by atoms with Gasteiger partial charge in [0.2, 0.25) is 5.91 Å². The lowest BCUT2D eigenvalue weighted by molar-refractivity contribution is -0.127. The first kappa shape index (κ1) is 22.6. The Kier molecular flexibility index (Phi) is 7.04. The number of anilines is 2. The van der Waals surface area contributed by atoms with E-state index in [-0.39, 0.29) is 18.2 Å². The van der Waals surface area contributed by atoms with Gasteiger partial charge in [0, 0.05) is 48.0 Å². The van der Waals surface area contributed by atoms with E-state index in [2.05, 4.69) is 48.0 Å². The minimum absolute atomic E-state index is 0.0396. The fraction of sp³-hybridized carbons (Fsp3) is 0.400. The van der Waals surface area contributed by atoms with Crippen molar-refractivity contribution in [2.45, 2.75) is 52.0 Å². The number of hydrogen-bond donors (Lipinski definition) is 4. The van der Waals surface area contributed by atoms with Crippen LogP contribution in [-0.4, -0.2) is 30.1 Å². The lowest BCUT2D eigenvalue weighted by Gasteiger charge is -2.29. The van der Waals surface area contributed by atoms with Crippen LogP contribution in [0.4, 0.5) is 11.4 Å². The summed E-state index contributed by atoms with van der Waals surface area (Å²) >= 11 is 6.18. The third-order valence-electron chi connectivity index (χ3n) is 5.94. The van der Waals surface area contributed by atoms with Crippen molar-refractivity contribution in [3.8, 4) is 0 Å². The Bertz CT molecular complexity index is 1020. The molecule has 2 heterocycles. The normalized spacial score (nSPS) is 19.6. The predicted octanol–water partition coefficient (Wildman–Crippen LogP) is 4.69. The molecule has 7 heteroatoms. The smallest absolute Gasteiger partial charge is 0.249 e. The minimum atomic E-state index is -0.321. The number of carbonyl (C=O) groups excluding carboxylic acids is 1. The van der Waals surface area contributed by atoms with Crippen LogP contribution < -0.4 is 21.7 Å². The quantitative estimate of drug-likeness (QED) is 0.510. The zero-order valence-electron chi connectivity index (χ0n) is 18.7. The maximum absolute atomic E-state index is 13.2. The maximum Gasteiger partial charge on any atom is 0.249 e. The number of carbonyl (C=O) groups is 1. The van der Waals surface area contributed by atoms with Crippen molar-refractivity contribution in [2.24, 2.45) is 5.73 Å². The molecule has 0 spiro atoms. The first-order valence-electron chi connectivity index (χ1n) is 11.4. The molecule has 2 aliphatic heterocycles. The SMILES string of the molecule is CCCN(CCC)C(=O)C1=Cc2ccc(C3NCc4ccc(Cl)cc4N3)cc2NC(N)C1. The largest absolute Gasteiger partial charge is 0.369 e. The molecule has 2 unspecified atom stereocenters. The van der Waals surface area contributed by atoms with E-state index in [9.17, 15) is 4.79 Å². The Morgan fingerprint density at radius 2 is 1.88 bits per heavy atom. The van der Waals surface area contributed by atoms with Gasteiger partial charge in [-0.1, -0.05) is 43.6 Å². The number of amides is 1. The van der Waals surface area contributed by atoms with Crippen molar-refractivity contribution in [2.75, 3.05) is 23.7 Å². The summed E-state index contributed by atoms with van der Waals surface area (Å²) in [5, 5.41) is 11.2. The van der Waals surface area contributed by atoms with Gasteiger partial charge in [0.25, 0.3) is 0 Å². The molecular formula is C25H32ClN5O. The summed E-state index contributed by atoms with van der Waals surface area (Å²) in [5.74, 6) is 0.0898. The Morgan fingerprint density at radius 3 is 2.62 bits per heavy atom. The van der Waals surface area contributed by atoms with Crippen molar-refractivity contribution < 1.29 is 4.79 Å². The van der Waals surface area contributed by atoms with Crippen molar-refractivity contribution in [1.82, 2.24) is 10.2 Å². The molecule has 2 aromatic rings. The molecule has 6 nitrogen and oxygen atoms in total. The van der Waals surface area contributed by atoms with Gasteiger partial charge in [-0.2, -0.15) is 0 Å². The Morgan fingerprint density at radius 1 is 1.09 bits per heavy atom. The summed E-state index contributed by atoms with van der Waals surface area (Å²) in [7, 11) is 0. The van der Waals surface area contributed by atoms with Crippen LogP contribution in [0, 0.1) is 0 Å². The second-order valence-corrected chi connectivity index (χ2v) is 8.96. The fourth-order valence-electron chi connectivity index (χ4n) is 4.40. The third-order valence-corrected chi connectivity index (χ3v) is 6.17. The summed E-state index contributed by atoms with van der Waals surface area (Å²) in [6.45, 7) is 6.49. The molecule has 5 N–H and O–H groups in total. The molecule has 4 rings (SSSR count). The molecule has 0 aromatic heterocycles. The van der Waals surface area contributed by atoms with Gasteiger partial charge in [-0.3, -0.25) is 10.1 Å². The van der Waals surface area contributed by atoms with Crippen LogP contribution >= 0.6 is 11.6 Å². The van der Waals surface area contributed by atoms with Crippen molar-refractivity contribution in [1.29, 1.82) is 0 Å². The van der Waals surface area contributed by atoms with Crippen LogP contribution in [0.5, 0.6) is 0 Å². The van der Waals surface area contributed by atoms with Crippen LogP contribution in [0.3, 0.4) is 0 Å². The second-order valence-electron chi connectivity index (χ2n) is 8.52. The highest BCUT2D eigenvalue weighted by Gasteiger charge is 2.24. The Hall–Kier alpha value is -2.54. The zero-order chi connectivity index (χ0) is 22.7. The van der Waals surface area contributed by atoms with Crippen LogP contribution in [0.1, 0.15) is 56.0 Å². The van der Waals surface area contributed by atoms with Crippen LogP contribution in [0.2, 0.25) is 5.02 Å². The van der Waals surface area contributed by atoms with Gasteiger partial charge in [0.15, 0.2) is 0 Å².